The summed E-state index contributed by atoms with van der Waals surface area (Å²) in [5.74, 6) is 0.877. The number of hydrogen-bond donors (Lipinski definition) is 0. The molecule has 0 heterocycles. The molecule has 0 aliphatic heterocycles. The van der Waals surface area contributed by atoms with Gasteiger partial charge in [0, 0.05) is 0 Å². The third-order valence-corrected chi connectivity index (χ3v) is 0.711. The van der Waals surface area contributed by atoms with Gasteiger partial charge in [-0.1, -0.05) is 26.4 Å². The molecule has 0 unspecified atom stereocenters. The molecule has 0 aliphatic rings. The summed E-state index contributed by atoms with van der Waals surface area (Å²) in [6, 6.07) is 0. The molecule has 3 heteroatoms. The molecule has 0 fully saturated rings. The molecular weight excluding hydrogens is 201 g/mol. The van der Waals surface area contributed by atoms with Crippen LogP contribution in [0, 0.1) is 7.43 Å². The van der Waals surface area contributed by atoms with Crippen molar-refractivity contribution >= 4 is 5.84 Å². The largest absolute Gasteiger partial charge is 2.00 e. The first-order valence-electron chi connectivity index (χ1n) is 2.42. The minimum Gasteiger partial charge on any atom is -0.473 e. The summed E-state index contributed by atoms with van der Waals surface area (Å²) in [4.78, 5) is 3.99. The molecule has 0 aliphatic carbocycles. The van der Waals surface area contributed by atoms with Crippen molar-refractivity contribution in [3.63, 3.8) is 0 Å². The normalized spacial score (nSPS) is 9.00. The van der Waals surface area contributed by atoms with Crippen LogP contribution in [0.4, 0.5) is 0 Å². The predicted octanol–water partition coefficient (Wildman–Crippen LogP) is 1.88. The summed E-state index contributed by atoms with van der Waals surface area (Å²) < 4.78 is 0. The quantitative estimate of drug-likeness (QED) is 0.276. The summed E-state index contributed by atoms with van der Waals surface area (Å²) in [6.07, 6.45) is 0. The van der Waals surface area contributed by atoms with Gasteiger partial charge in [-0.2, -0.15) is 0 Å². The van der Waals surface area contributed by atoms with E-state index in [1.54, 1.807) is 7.05 Å². The van der Waals surface area contributed by atoms with Crippen LogP contribution < -0.4 is 0 Å². The van der Waals surface area contributed by atoms with Crippen molar-refractivity contribution in [3.05, 3.63) is 12.7 Å². The number of rotatable bonds is 1. The Balaban J connectivity index is -0.000000180. The van der Waals surface area contributed by atoms with Crippen LogP contribution in [0.15, 0.2) is 4.99 Å². The van der Waals surface area contributed by atoms with Crippen molar-refractivity contribution in [2.45, 2.75) is 13.8 Å². The topological polar surface area (TPSA) is 26.5 Å². The van der Waals surface area contributed by atoms with E-state index in [9.17, 15) is 0 Å². The van der Waals surface area contributed by atoms with Gasteiger partial charge in [0.05, 0.1) is 0 Å². The van der Waals surface area contributed by atoms with E-state index in [1.165, 1.54) is 0 Å². The molecule has 0 saturated carbocycles. The van der Waals surface area contributed by atoms with E-state index in [1.807, 2.05) is 13.8 Å². The van der Waals surface area contributed by atoms with Gasteiger partial charge < -0.3 is 17.7 Å². The van der Waals surface area contributed by atoms with E-state index in [0.717, 1.165) is 12.4 Å². The summed E-state index contributed by atoms with van der Waals surface area (Å²) in [5, 5.41) is 3.83. The number of nitrogens with zero attached hydrogens (tertiary/aromatic N) is 2. The van der Waals surface area contributed by atoms with Gasteiger partial charge in [0.15, 0.2) is 0 Å². The maximum Gasteiger partial charge on any atom is 2.00 e. The van der Waals surface area contributed by atoms with Crippen LogP contribution in [0.5, 0.6) is 0 Å². The fourth-order valence-corrected chi connectivity index (χ4v) is 0.300. The van der Waals surface area contributed by atoms with Gasteiger partial charge in [-0.05, 0) is 6.92 Å². The van der Waals surface area contributed by atoms with Gasteiger partial charge in [-0.25, -0.2) is 0 Å². The molecule has 56 valence electrons. The van der Waals surface area contributed by atoms with E-state index < -0.39 is 0 Å². The van der Waals surface area contributed by atoms with E-state index in [4.69, 9.17) is 0 Å². The van der Waals surface area contributed by atoms with Gasteiger partial charge in [0.2, 0.25) is 0 Å². The fourth-order valence-electron chi connectivity index (χ4n) is 0.300. The third kappa shape index (κ3) is 11.6. The Kier molecular flexibility index (Phi) is 19.5. The molecule has 0 N–H and O–H groups in total. The molecule has 0 aromatic heterocycles. The summed E-state index contributed by atoms with van der Waals surface area (Å²) in [5.41, 5.74) is 0. The second-order valence-corrected chi connectivity index (χ2v) is 1.25. The number of hydrogen-bond acceptors (Lipinski definition) is 1. The Morgan fingerprint density at radius 1 is 1.56 bits per heavy atom. The first-order valence-corrected chi connectivity index (χ1v) is 2.42. The van der Waals surface area contributed by atoms with Crippen LogP contribution in [-0.2, 0) is 19.5 Å². The van der Waals surface area contributed by atoms with Crippen LogP contribution in [0.3, 0.4) is 0 Å². The fraction of sp³-hybridized carbons (Fsp3) is 0.667. The van der Waals surface area contributed by atoms with Gasteiger partial charge >= 0.3 is 19.5 Å². The molecular formula is C6H14N2Ru. The van der Waals surface area contributed by atoms with Crippen molar-refractivity contribution in [2.24, 2.45) is 4.99 Å². The van der Waals surface area contributed by atoms with Crippen LogP contribution in [-0.4, -0.2) is 19.4 Å². The average Bonchev–Trinajstić information content (AvgIpc) is 1.68. The van der Waals surface area contributed by atoms with Crippen molar-refractivity contribution in [2.75, 3.05) is 13.6 Å². The Morgan fingerprint density at radius 3 is 2.11 bits per heavy atom. The van der Waals surface area contributed by atoms with Crippen LogP contribution >= 0.6 is 0 Å². The van der Waals surface area contributed by atoms with Crippen molar-refractivity contribution < 1.29 is 19.5 Å². The summed E-state index contributed by atoms with van der Waals surface area (Å²) in [6.45, 7) is 4.72. The van der Waals surface area contributed by atoms with Gasteiger partial charge in [-0.3, -0.25) is 0 Å². The molecule has 0 saturated heterocycles. The molecule has 2 nitrogen and oxygen atoms in total. The van der Waals surface area contributed by atoms with Crippen molar-refractivity contribution in [1.82, 2.24) is 0 Å². The Hall–Kier alpha value is 0.0934. The van der Waals surface area contributed by atoms with E-state index in [2.05, 4.69) is 10.3 Å². The predicted molar refractivity (Wildman–Crippen MR) is 39.3 cm³/mol. The molecule has 0 rings (SSSR count). The smallest absolute Gasteiger partial charge is 0.473 e. The van der Waals surface area contributed by atoms with Crippen LogP contribution in [0.1, 0.15) is 13.8 Å². The first-order chi connectivity index (χ1) is 3.31. The average molecular weight is 215 g/mol. The zero-order valence-electron chi connectivity index (χ0n) is 6.46. The molecule has 9 heavy (non-hydrogen) atoms. The van der Waals surface area contributed by atoms with Crippen molar-refractivity contribution in [3.8, 4) is 0 Å². The minimum atomic E-state index is 0. The molecule has 0 atom stereocenters. The second kappa shape index (κ2) is 11.0. The third-order valence-electron chi connectivity index (χ3n) is 0.711. The minimum absolute atomic E-state index is 0. The van der Waals surface area contributed by atoms with E-state index >= 15 is 0 Å². The number of aliphatic imine (C=N–C) groups is 1. The maximum atomic E-state index is 3.99. The second-order valence-electron chi connectivity index (χ2n) is 1.25. The Bertz CT molecular complexity index is 71.5. The summed E-state index contributed by atoms with van der Waals surface area (Å²) in [7, 11) is 1.74. The summed E-state index contributed by atoms with van der Waals surface area (Å²) >= 11 is 0. The number of amidine groups is 1. The molecule has 0 aromatic rings. The SMILES string of the molecule is CCN=C(C)[N-]C.[CH3-].[Ru+2]. The monoisotopic (exact) mass is 216 g/mol. The van der Waals surface area contributed by atoms with Crippen LogP contribution in [0.2, 0.25) is 0 Å². The van der Waals surface area contributed by atoms with Crippen molar-refractivity contribution in [1.29, 1.82) is 0 Å². The Morgan fingerprint density at radius 2 is 2.00 bits per heavy atom. The van der Waals surface area contributed by atoms with Crippen LogP contribution in [0.25, 0.3) is 5.32 Å². The molecule has 0 bridgehead atoms. The molecule has 0 amide bonds. The van der Waals surface area contributed by atoms with Gasteiger partial charge in [-0.15, -0.1) is 0 Å². The van der Waals surface area contributed by atoms with E-state index in [0.29, 0.717) is 0 Å². The zero-order chi connectivity index (χ0) is 5.70. The Labute approximate surface area is 70.9 Å². The zero-order valence-corrected chi connectivity index (χ0v) is 8.19. The van der Waals surface area contributed by atoms with Gasteiger partial charge in [0.1, 0.15) is 0 Å². The maximum absolute atomic E-state index is 3.99. The molecule has 0 spiro atoms. The standard InChI is InChI=1S/C5H11N2.CH3.Ru/c1-4-7-5(2)6-3;;/h4H2,1-3H3;1H3;/q2*-1;+2. The van der Waals surface area contributed by atoms with E-state index in [-0.39, 0.29) is 26.9 Å². The molecule has 0 radical (unpaired) electrons. The first kappa shape index (κ1) is 16.0. The molecule has 0 aromatic carbocycles. The van der Waals surface area contributed by atoms with Gasteiger partial charge in [0.25, 0.3) is 0 Å².